The topological polar surface area (TPSA) is 67.2 Å². The van der Waals surface area contributed by atoms with E-state index in [0.717, 1.165) is 10.2 Å². The van der Waals surface area contributed by atoms with Crippen molar-refractivity contribution in [3.8, 4) is 0 Å². The van der Waals surface area contributed by atoms with Crippen LogP contribution in [0.25, 0.3) is 0 Å². The molecule has 88 valence electrons. The number of nitrogens with one attached hydrogen (secondary N) is 2. The molecule has 0 spiro atoms. The molecule has 0 fully saturated rings. The molecule has 0 aliphatic heterocycles. The van der Waals surface area contributed by atoms with Gasteiger partial charge in [-0.3, -0.25) is 4.79 Å². The van der Waals surface area contributed by atoms with Crippen molar-refractivity contribution >= 4 is 33.2 Å². The minimum atomic E-state index is 0.0450. The third-order valence-electron chi connectivity index (χ3n) is 2.06. The van der Waals surface area contributed by atoms with Crippen molar-refractivity contribution in [2.75, 3.05) is 24.1 Å². The van der Waals surface area contributed by atoms with Crippen molar-refractivity contribution in [3.05, 3.63) is 22.7 Å². The highest BCUT2D eigenvalue weighted by atomic mass is 79.9. The van der Waals surface area contributed by atoms with Gasteiger partial charge in [0.1, 0.15) is 0 Å². The Labute approximate surface area is 104 Å². The second-order valence-electron chi connectivity index (χ2n) is 3.36. The van der Waals surface area contributed by atoms with Crippen molar-refractivity contribution in [1.82, 2.24) is 5.32 Å². The first kappa shape index (κ1) is 12.8. The Morgan fingerprint density at radius 3 is 2.94 bits per heavy atom. The van der Waals surface area contributed by atoms with E-state index in [2.05, 4.69) is 26.6 Å². The summed E-state index contributed by atoms with van der Waals surface area (Å²) in [5, 5.41) is 5.87. The minimum Gasteiger partial charge on any atom is -0.397 e. The molecular formula is C11H16BrN3O. The van der Waals surface area contributed by atoms with E-state index < -0.39 is 0 Å². The summed E-state index contributed by atoms with van der Waals surface area (Å²) in [6, 6.07) is 5.59. The van der Waals surface area contributed by atoms with Crippen LogP contribution >= 0.6 is 15.9 Å². The molecule has 0 aliphatic rings. The van der Waals surface area contributed by atoms with Gasteiger partial charge < -0.3 is 16.4 Å². The van der Waals surface area contributed by atoms with Crippen molar-refractivity contribution < 1.29 is 4.79 Å². The van der Waals surface area contributed by atoms with Gasteiger partial charge in [-0.25, -0.2) is 0 Å². The predicted molar refractivity (Wildman–Crippen MR) is 70.3 cm³/mol. The maximum absolute atomic E-state index is 11.2. The summed E-state index contributed by atoms with van der Waals surface area (Å²) in [5.74, 6) is 0.0450. The molecule has 1 aromatic rings. The molecule has 0 aliphatic carbocycles. The van der Waals surface area contributed by atoms with Crippen LogP contribution in [0, 0.1) is 0 Å². The number of hydrogen-bond acceptors (Lipinski definition) is 3. The van der Waals surface area contributed by atoms with E-state index in [0.29, 0.717) is 25.2 Å². The molecule has 0 saturated carbocycles. The molecule has 1 amide bonds. The third-order valence-corrected chi connectivity index (χ3v) is 2.55. The molecule has 4 nitrogen and oxygen atoms in total. The molecule has 0 heterocycles. The largest absolute Gasteiger partial charge is 0.397 e. The Morgan fingerprint density at radius 1 is 1.50 bits per heavy atom. The molecule has 0 aromatic heterocycles. The van der Waals surface area contributed by atoms with Gasteiger partial charge in [-0.1, -0.05) is 15.9 Å². The number of rotatable bonds is 5. The van der Waals surface area contributed by atoms with Crippen molar-refractivity contribution in [2.24, 2.45) is 0 Å². The quantitative estimate of drug-likeness (QED) is 0.725. The fourth-order valence-electron chi connectivity index (χ4n) is 1.28. The van der Waals surface area contributed by atoms with Crippen LogP contribution in [0.4, 0.5) is 11.4 Å². The predicted octanol–water partition coefficient (Wildman–Crippen LogP) is 1.97. The van der Waals surface area contributed by atoms with Crippen LogP contribution in [0.3, 0.4) is 0 Å². The number of carbonyl (C=O) groups excluding carboxylic acids is 1. The van der Waals surface area contributed by atoms with E-state index in [1.54, 1.807) is 0 Å². The second kappa shape index (κ2) is 6.37. The molecule has 5 heteroatoms. The summed E-state index contributed by atoms with van der Waals surface area (Å²) < 4.78 is 0.960. The number of nitrogens with two attached hydrogens (primary N) is 1. The van der Waals surface area contributed by atoms with Crippen LogP contribution in [0.2, 0.25) is 0 Å². The second-order valence-corrected chi connectivity index (χ2v) is 4.28. The van der Waals surface area contributed by atoms with Gasteiger partial charge in [-0.15, -0.1) is 0 Å². The standard InChI is InChI=1S/C11H16BrN3O/c1-2-14-11(16)5-6-15-10-7-8(12)3-4-9(10)13/h3-4,7,15H,2,5-6,13H2,1H3,(H,14,16). The Kier molecular flexibility index (Phi) is 5.11. The number of hydrogen-bond donors (Lipinski definition) is 3. The lowest BCUT2D eigenvalue weighted by Crippen LogP contribution is -2.24. The summed E-state index contributed by atoms with van der Waals surface area (Å²) >= 11 is 3.37. The van der Waals surface area contributed by atoms with Crippen LogP contribution in [0.1, 0.15) is 13.3 Å². The fourth-order valence-corrected chi connectivity index (χ4v) is 1.64. The van der Waals surface area contributed by atoms with Crippen LogP contribution in [-0.4, -0.2) is 19.0 Å². The first-order valence-electron chi connectivity index (χ1n) is 5.19. The van der Waals surface area contributed by atoms with Gasteiger partial charge in [0.2, 0.25) is 5.91 Å². The average molecular weight is 286 g/mol. The average Bonchev–Trinajstić information content (AvgIpc) is 2.23. The maximum Gasteiger partial charge on any atom is 0.221 e. The molecule has 0 unspecified atom stereocenters. The van der Waals surface area contributed by atoms with Crippen LogP contribution in [0.5, 0.6) is 0 Å². The molecule has 0 radical (unpaired) electrons. The van der Waals surface area contributed by atoms with Crippen molar-refractivity contribution in [3.63, 3.8) is 0 Å². The van der Waals surface area contributed by atoms with E-state index in [1.165, 1.54) is 0 Å². The molecule has 0 atom stereocenters. The third kappa shape index (κ3) is 4.10. The first-order valence-corrected chi connectivity index (χ1v) is 5.98. The zero-order valence-electron chi connectivity index (χ0n) is 9.22. The van der Waals surface area contributed by atoms with E-state index in [1.807, 2.05) is 25.1 Å². The molecular weight excluding hydrogens is 270 g/mol. The number of halogens is 1. The monoisotopic (exact) mass is 285 g/mol. The number of benzene rings is 1. The molecule has 1 rings (SSSR count). The number of amides is 1. The Balaban J connectivity index is 2.42. The summed E-state index contributed by atoms with van der Waals surface area (Å²) in [6.45, 7) is 3.14. The van der Waals surface area contributed by atoms with Crippen molar-refractivity contribution in [1.29, 1.82) is 0 Å². The summed E-state index contributed by atoms with van der Waals surface area (Å²) in [5.41, 5.74) is 7.31. The lowest BCUT2D eigenvalue weighted by Gasteiger charge is -2.09. The van der Waals surface area contributed by atoms with Gasteiger partial charge in [0, 0.05) is 24.0 Å². The van der Waals surface area contributed by atoms with E-state index >= 15 is 0 Å². The zero-order chi connectivity index (χ0) is 12.0. The maximum atomic E-state index is 11.2. The highest BCUT2D eigenvalue weighted by Gasteiger charge is 2.01. The van der Waals surface area contributed by atoms with E-state index in [4.69, 9.17) is 5.73 Å². The SMILES string of the molecule is CCNC(=O)CCNc1cc(Br)ccc1N. The highest BCUT2D eigenvalue weighted by Crippen LogP contribution is 2.22. The Bertz CT molecular complexity index is 368. The summed E-state index contributed by atoms with van der Waals surface area (Å²) in [7, 11) is 0. The van der Waals surface area contributed by atoms with E-state index in [9.17, 15) is 4.79 Å². The molecule has 1 aromatic carbocycles. The summed E-state index contributed by atoms with van der Waals surface area (Å²) in [4.78, 5) is 11.2. The van der Waals surface area contributed by atoms with Gasteiger partial charge >= 0.3 is 0 Å². The van der Waals surface area contributed by atoms with Crippen LogP contribution in [-0.2, 0) is 4.79 Å². The lowest BCUT2D eigenvalue weighted by molar-refractivity contribution is -0.120. The smallest absolute Gasteiger partial charge is 0.221 e. The van der Waals surface area contributed by atoms with Gasteiger partial charge in [-0.05, 0) is 25.1 Å². The Hall–Kier alpha value is -1.23. The van der Waals surface area contributed by atoms with Gasteiger partial charge in [0.15, 0.2) is 0 Å². The van der Waals surface area contributed by atoms with E-state index in [-0.39, 0.29) is 5.91 Å². The van der Waals surface area contributed by atoms with Crippen LogP contribution < -0.4 is 16.4 Å². The molecule has 4 N–H and O–H groups in total. The number of anilines is 2. The minimum absolute atomic E-state index is 0.0450. The fraction of sp³-hybridized carbons (Fsp3) is 0.364. The normalized spacial score (nSPS) is 9.88. The lowest BCUT2D eigenvalue weighted by atomic mass is 10.2. The summed E-state index contributed by atoms with van der Waals surface area (Å²) in [6.07, 6.45) is 0.444. The zero-order valence-corrected chi connectivity index (χ0v) is 10.8. The van der Waals surface area contributed by atoms with Gasteiger partial charge in [-0.2, -0.15) is 0 Å². The van der Waals surface area contributed by atoms with Crippen molar-refractivity contribution in [2.45, 2.75) is 13.3 Å². The van der Waals surface area contributed by atoms with Gasteiger partial charge in [0.25, 0.3) is 0 Å². The molecule has 0 bridgehead atoms. The van der Waals surface area contributed by atoms with Crippen LogP contribution in [0.15, 0.2) is 22.7 Å². The highest BCUT2D eigenvalue weighted by molar-refractivity contribution is 9.10. The number of carbonyl (C=O) groups is 1. The Morgan fingerprint density at radius 2 is 2.25 bits per heavy atom. The number of nitrogen functional groups attached to an aromatic ring is 1. The molecule has 0 saturated heterocycles. The molecule has 16 heavy (non-hydrogen) atoms. The van der Waals surface area contributed by atoms with Gasteiger partial charge in [0.05, 0.1) is 11.4 Å². The first-order chi connectivity index (χ1) is 7.63.